The van der Waals surface area contributed by atoms with Crippen molar-refractivity contribution in [1.29, 1.82) is 0 Å². The minimum absolute atomic E-state index is 0.0838. The van der Waals surface area contributed by atoms with Crippen LogP contribution in [0.3, 0.4) is 0 Å². The number of halogens is 1. The standard InChI is InChI=1S/C21H23ClN4O/c1-14(16-6-3-9-23-12-16)13-26-21(27)18-8-4-10-24-20(18)19(25-26)15-5-2-7-17(22)11-15/h2,4-5,7-8,10-11,14,16,23H,3,6,9,12-13H2,1H3. The lowest BCUT2D eigenvalue weighted by Crippen LogP contribution is -2.36. The number of nitrogens with one attached hydrogen (secondary N) is 1. The zero-order valence-corrected chi connectivity index (χ0v) is 16.1. The first-order valence-electron chi connectivity index (χ1n) is 9.46. The van der Waals surface area contributed by atoms with Gasteiger partial charge in [0.1, 0.15) is 11.2 Å². The van der Waals surface area contributed by atoms with Crippen molar-refractivity contribution in [3.8, 4) is 11.3 Å². The Kier molecular flexibility index (Phi) is 5.23. The summed E-state index contributed by atoms with van der Waals surface area (Å²) < 4.78 is 1.61. The summed E-state index contributed by atoms with van der Waals surface area (Å²) in [7, 11) is 0. The van der Waals surface area contributed by atoms with Gasteiger partial charge in [0.25, 0.3) is 5.56 Å². The van der Waals surface area contributed by atoms with E-state index in [0.717, 1.165) is 18.7 Å². The van der Waals surface area contributed by atoms with Crippen LogP contribution in [0.2, 0.25) is 5.02 Å². The second-order valence-corrected chi connectivity index (χ2v) is 7.77. The smallest absolute Gasteiger partial charge is 0.276 e. The van der Waals surface area contributed by atoms with E-state index in [0.29, 0.717) is 40.0 Å². The van der Waals surface area contributed by atoms with E-state index < -0.39 is 0 Å². The molecule has 1 saturated heterocycles. The Balaban J connectivity index is 1.79. The molecule has 140 valence electrons. The van der Waals surface area contributed by atoms with Gasteiger partial charge in [-0.15, -0.1) is 0 Å². The molecule has 2 unspecified atom stereocenters. The van der Waals surface area contributed by atoms with Gasteiger partial charge in [-0.05, 0) is 62.0 Å². The summed E-state index contributed by atoms with van der Waals surface area (Å²) in [6.45, 7) is 4.90. The number of aromatic nitrogens is 3. The monoisotopic (exact) mass is 382 g/mol. The van der Waals surface area contributed by atoms with E-state index >= 15 is 0 Å². The van der Waals surface area contributed by atoms with Gasteiger partial charge in [0.2, 0.25) is 0 Å². The predicted octanol–water partition coefficient (Wildman–Crippen LogP) is 3.75. The van der Waals surface area contributed by atoms with E-state index in [2.05, 4.69) is 17.2 Å². The number of piperidine rings is 1. The molecule has 3 aromatic rings. The molecule has 0 bridgehead atoms. The summed E-state index contributed by atoms with van der Waals surface area (Å²) in [5.74, 6) is 0.927. The third-order valence-corrected chi connectivity index (χ3v) is 5.65. The molecule has 2 aromatic heterocycles. The Morgan fingerprint density at radius 2 is 2.22 bits per heavy atom. The van der Waals surface area contributed by atoms with Gasteiger partial charge in [-0.3, -0.25) is 9.78 Å². The van der Waals surface area contributed by atoms with Gasteiger partial charge in [0.15, 0.2) is 0 Å². The molecular weight excluding hydrogens is 360 g/mol. The first kappa shape index (κ1) is 18.1. The number of fused-ring (bicyclic) bond motifs is 1. The molecule has 5 nitrogen and oxygen atoms in total. The van der Waals surface area contributed by atoms with Crippen molar-refractivity contribution in [1.82, 2.24) is 20.1 Å². The molecule has 2 atom stereocenters. The fraction of sp³-hybridized carbons (Fsp3) is 0.381. The third kappa shape index (κ3) is 3.75. The number of rotatable bonds is 4. The Labute approximate surface area is 163 Å². The number of hydrogen-bond donors (Lipinski definition) is 1. The van der Waals surface area contributed by atoms with E-state index in [1.807, 2.05) is 30.3 Å². The molecule has 0 amide bonds. The highest BCUT2D eigenvalue weighted by Gasteiger charge is 2.22. The average Bonchev–Trinajstić information content (AvgIpc) is 2.71. The molecule has 3 heterocycles. The van der Waals surface area contributed by atoms with Crippen LogP contribution < -0.4 is 10.9 Å². The van der Waals surface area contributed by atoms with E-state index in [1.165, 1.54) is 12.8 Å². The summed E-state index contributed by atoms with van der Waals surface area (Å²) >= 11 is 6.18. The predicted molar refractivity (Wildman–Crippen MR) is 109 cm³/mol. The van der Waals surface area contributed by atoms with E-state index in [-0.39, 0.29) is 5.56 Å². The fourth-order valence-electron chi connectivity index (χ4n) is 3.86. The first-order valence-corrected chi connectivity index (χ1v) is 9.84. The molecule has 1 aliphatic heterocycles. The maximum atomic E-state index is 13.0. The van der Waals surface area contributed by atoms with Gasteiger partial charge in [-0.1, -0.05) is 30.7 Å². The molecule has 0 aliphatic carbocycles. The highest BCUT2D eigenvalue weighted by molar-refractivity contribution is 6.30. The molecular formula is C21H23ClN4O. The van der Waals surface area contributed by atoms with Crippen LogP contribution in [0.15, 0.2) is 47.4 Å². The molecule has 0 spiro atoms. The molecule has 1 N–H and O–H groups in total. The maximum Gasteiger partial charge on any atom is 0.276 e. The van der Waals surface area contributed by atoms with Crippen molar-refractivity contribution in [3.63, 3.8) is 0 Å². The van der Waals surface area contributed by atoms with Crippen LogP contribution in [0.25, 0.3) is 22.2 Å². The van der Waals surface area contributed by atoms with Gasteiger partial charge in [0.05, 0.1) is 5.39 Å². The molecule has 1 aliphatic rings. The van der Waals surface area contributed by atoms with Gasteiger partial charge < -0.3 is 5.32 Å². The minimum Gasteiger partial charge on any atom is -0.316 e. The van der Waals surface area contributed by atoms with Crippen LogP contribution in [0.1, 0.15) is 19.8 Å². The SMILES string of the molecule is CC(Cn1nc(-c2cccc(Cl)c2)c2ncccc2c1=O)C1CCCNC1. The van der Waals surface area contributed by atoms with Crippen LogP contribution >= 0.6 is 11.6 Å². The average molecular weight is 383 g/mol. The van der Waals surface area contributed by atoms with Crippen molar-refractivity contribution >= 4 is 22.5 Å². The van der Waals surface area contributed by atoms with Crippen LogP contribution in [-0.2, 0) is 6.54 Å². The zero-order chi connectivity index (χ0) is 18.8. The van der Waals surface area contributed by atoms with Crippen molar-refractivity contribution < 1.29 is 0 Å². The Bertz CT molecular complexity index is 1010. The Hall–Kier alpha value is -2.24. The Morgan fingerprint density at radius 3 is 3.00 bits per heavy atom. The minimum atomic E-state index is -0.0838. The summed E-state index contributed by atoms with van der Waals surface area (Å²) in [4.78, 5) is 17.4. The highest BCUT2D eigenvalue weighted by Crippen LogP contribution is 2.26. The van der Waals surface area contributed by atoms with E-state index in [9.17, 15) is 4.79 Å². The van der Waals surface area contributed by atoms with Crippen molar-refractivity contribution in [2.24, 2.45) is 11.8 Å². The second-order valence-electron chi connectivity index (χ2n) is 7.33. The zero-order valence-electron chi connectivity index (χ0n) is 15.4. The van der Waals surface area contributed by atoms with Crippen molar-refractivity contribution in [2.75, 3.05) is 13.1 Å². The lowest BCUT2D eigenvalue weighted by molar-refractivity contribution is 0.247. The van der Waals surface area contributed by atoms with Crippen LogP contribution in [0.5, 0.6) is 0 Å². The molecule has 0 saturated carbocycles. The topological polar surface area (TPSA) is 59.8 Å². The van der Waals surface area contributed by atoms with Crippen LogP contribution in [0, 0.1) is 11.8 Å². The molecule has 27 heavy (non-hydrogen) atoms. The fourth-order valence-corrected chi connectivity index (χ4v) is 4.05. The molecule has 1 fully saturated rings. The largest absolute Gasteiger partial charge is 0.316 e. The number of pyridine rings is 1. The van der Waals surface area contributed by atoms with E-state index in [4.69, 9.17) is 16.7 Å². The molecule has 4 rings (SSSR count). The lowest BCUT2D eigenvalue weighted by atomic mass is 9.87. The van der Waals surface area contributed by atoms with Gasteiger partial charge >= 0.3 is 0 Å². The molecule has 1 aromatic carbocycles. The van der Waals surface area contributed by atoms with Crippen molar-refractivity contribution in [3.05, 3.63) is 58.0 Å². The first-order chi connectivity index (χ1) is 13.1. The Morgan fingerprint density at radius 1 is 1.33 bits per heavy atom. The van der Waals surface area contributed by atoms with Gasteiger partial charge in [0, 0.05) is 23.3 Å². The summed E-state index contributed by atoms with van der Waals surface area (Å²) in [6, 6.07) is 11.1. The van der Waals surface area contributed by atoms with Crippen molar-refractivity contribution in [2.45, 2.75) is 26.3 Å². The molecule has 0 radical (unpaired) electrons. The summed E-state index contributed by atoms with van der Waals surface area (Å²) in [5, 5.41) is 9.40. The van der Waals surface area contributed by atoms with Gasteiger partial charge in [-0.2, -0.15) is 5.10 Å². The van der Waals surface area contributed by atoms with Crippen LogP contribution in [-0.4, -0.2) is 27.9 Å². The van der Waals surface area contributed by atoms with E-state index in [1.54, 1.807) is 16.9 Å². The normalized spacial score (nSPS) is 18.5. The lowest BCUT2D eigenvalue weighted by Gasteiger charge is -2.28. The quantitative estimate of drug-likeness (QED) is 0.746. The second kappa shape index (κ2) is 7.79. The van der Waals surface area contributed by atoms with Gasteiger partial charge in [-0.25, -0.2) is 4.68 Å². The number of nitrogens with zero attached hydrogens (tertiary/aromatic N) is 3. The maximum absolute atomic E-state index is 13.0. The molecule has 6 heteroatoms. The summed E-state index contributed by atoms with van der Waals surface area (Å²) in [6.07, 6.45) is 4.07. The highest BCUT2D eigenvalue weighted by atomic mass is 35.5. The third-order valence-electron chi connectivity index (χ3n) is 5.42. The van der Waals surface area contributed by atoms with Crippen LogP contribution in [0.4, 0.5) is 0 Å². The number of hydrogen-bond acceptors (Lipinski definition) is 4. The number of benzene rings is 1. The summed E-state index contributed by atoms with van der Waals surface area (Å²) in [5.41, 5.74) is 2.10.